The first-order valence-electron chi connectivity index (χ1n) is 5.64. The molecule has 0 spiro atoms. The molecule has 1 atom stereocenters. The van der Waals surface area contributed by atoms with Gasteiger partial charge in [-0.15, -0.1) is 0 Å². The Bertz CT molecular complexity index is 499. The monoisotopic (exact) mass is 248 g/mol. The smallest absolute Gasteiger partial charge is 0.242 e. The molecule has 0 aliphatic rings. The van der Waals surface area contributed by atoms with E-state index in [2.05, 4.69) is 15.3 Å². The molecular weight excluding hydrogens is 232 g/mol. The molecule has 96 valence electrons. The van der Waals surface area contributed by atoms with Gasteiger partial charge in [0.1, 0.15) is 17.8 Å². The second-order valence-electron chi connectivity index (χ2n) is 3.97. The Kier molecular flexibility index (Phi) is 3.66. The highest BCUT2D eigenvalue weighted by Gasteiger charge is 2.12. The lowest BCUT2D eigenvalue weighted by atomic mass is 10.2. The topological polar surface area (TPSA) is 86.2 Å². The summed E-state index contributed by atoms with van der Waals surface area (Å²) in [7, 11) is 1.52. The zero-order valence-electron chi connectivity index (χ0n) is 10.4. The molecule has 0 saturated heterocycles. The fourth-order valence-corrected chi connectivity index (χ4v) is 1.67. The summed E-state index contributed by atoms with van der Waals surface area (Å²) in [5.74, 6) is 1.85. The second kappa shape index (κ2) is 5.39. The molecule has 0 bridgehead atoms. The van der Waals surface area contributed by atoms with Gasteiger partial charge in [-0.25, -0.2) is 4.98 Å². The van der Waals surface area contributed by atoms with Crippen LogP contribution in [0.3, 0.4) is 0 Å². The van der Waals surface area contributed by atoms with E-state index in [1.807, 2.05) is 19.1 Å². The van der Waals surface area contributed by atoms with Gasteiger partial charge in [-0.1, -0.05) is 0 Å². The Morgan fingerprint density at radius 2 is 2.33 bits per heavy atom. The second-order valence-corrected chi connectivity index (χ2v) is 3.97. The molecule has 2 rings (SSSR count). The van der Waals surface area contributed by atoms with Crippen molar-refractivity contribution in [3.63, 3.8) is 0 Å². The summed E-state index contributed by atoms with van der Waals surface area (Å²) in [6, 6.07) is 3.93. The number of nitrogens with zero attached hydrogens (tertiary/aromatic N) is 2. The van der Waals surface area contributed by atoms with E-state index in [9.17, 15) is 0 Å². The summed E-state index contributed by atoms with van der Waals surface area (Å²) in [5, 5.41) is 3.21. The van der Waals surface area contributed by atoms with Crippen LogP contribution in [0, 0.1) is 0 Å². The normalized spacial score (nSPS) is 12.1. The summed E-state index contributed by atoms with van der Waals surface area (Å²) in [4.78, 5) is 8.02. The lowest BCUT2D eigenvalue weighted by Gasteiger charge is -2.15. The van der Waals surface area contributed by atoms with E-state index in [0.29, 0.717) is 17.4 Å². The molecule has 6 heteroatoms. The molecular formula is C12H16N4O2. The molecule has 0 saturated carbocycles. The first-order valence-corrected chi connectivity index (χ1v) is 5.64. The molecule has 18 heavy (non-hydrogen) atoms. The number of anilines is 2. The van der Waals surface area contributed by atoms with Crippen molar-refractivity contribution < 1.29 is 9.15 Å². The Balaban J connectivity index is 2.05. The first-order chi connectivity index (χ1) is 8.70. The third-order valence-electron chi connectivity index (χ3n) is 2.51. The molecule has 3 N–H and O–H groups in total. The Morgan fingerprint density at radius 3 is 3.00 bits per heavy atom. The third kappa shape index (κ3) is 2.71. The molecule has 0 radical (unpaired) electrons. The predicted molar refractivity (Wildman–Crippen MR) is 68.5 cm³/mol. The number of nitrogens with two attached hydrogens (primary N) is 1. The van der Waals surface area contributed by atoms with Gasteiger partial charge < -0.3 is 20.2 Å². The van der Waals surface area contributed by atoms with E-state index in [1.54, 1.807) is 6.26 Å². The number of hydrogen-bond acceptors (Lipinski definition) is 6. The van der Waals surface area contributed by atoms with Gasteiger partial charge in [0, 0.05) is 12.5 Å². The number of ether oxygens (including phenoxy) is 1. The van der Waals surface area contributed by atoms with Crippen molar-refractivity contribution in [3.8, 4) is 5.88 Å². The van der Waals surface area contributed by atoms with Crippen molar-refractivity contribution in [2.24, 2.45) is 0 Å². The van der Waals surface area contributed by atoms with Crippen molar-refractivity contribution in [1.29, 1.82) is 0 Å². The quantitative estimate of drug-likeness (QED) is 0.837. The van der Waals surface area contributed by atoms with Gasteiger partial charge in [-0.3, -0.25) is 0 Å². The summed E-state index contributed by atoms with van der Waals surface area (Å²) < 4.78 is 10.3. The van der Waals surface area contributed by atoms with E-state index in [0.717, 1.165) is 12.2 Å². The Labute approximate surface area is 105 Å². The first kappa shape index (κ1) is 12.2. The number of furan rings is 1. The summed E-state index contributed by atoms with van der Waals surface area (Å²) in [6.45, 7) is 2.02. The molecule has 0 aromatic carbocycles. The minimum Gasteiger partial charge on any atom is -0.479 e. The minimum absolute atomic E-state index is 0.137. The van der Waals surface area contributed by atoms with E-state index in [-0.39, 0.29) is 6.04 Å². The van der Waals surface area contributed by atoms with Gasteiger partial charge in [0.15, 0.2) is 5.82 Å². The van der Waals surface area contributed by atoms with Crippen LogP contribution in [0.15, 0.2) is 29.1 Å². The van der Waals surface area contributed by atoms with E-state index in [4.69, 9.17) is 14.9 Å². The van der Waals surface area contributed by atoms with Gasteiger partial charge >= 0.3 is 0 Å². The third-order valence-corrected chi connectivity index (χ3v) is 2.51. The lowest BCUT2D eigenvalue weighted by molar-refractivity contribution is 0.399. The minimum atomic E-state index is 0.137. The molecule has 2 aromatic rings. The van der Waals surface area contributed by atoms with Crippen molar-refractivity contribution in [2.45, 2.75) is 19.4 Å². The zero-order chi connectivity index (χ0) is 13.0. The maximum Gasteiger partial charge on any atom is 0.242 e. The average molecular weight is 248 g/mol. The summed E-state index contributed by atoms with van der Waals surface area (Å²) in [5.41, 5.74) is 6.29. The maximum atomic E-state index is 5.88. The number of nitrogen functional groups attached to an aromatic ring is 1. The molecule has 0 amide bonds. The van der Waals surface area contributed by atoms with Crippen molar-refractivity contribution in [3.05, 3.63) is 30.5 Å². The standard InChI is InChI=1S/C12H16N4O2/c1-8(6-9-4-3-5-18-9)16-11-10(13)12(17-2)15-7-14-11/h3-5,7-8H,6,13H2,1-2H3,(H,14,15,16). The molecule has 6 nitrogen and oxygen atoms in total. The van der Waals surface area contributed by atoms with Crippen LogP contribution in [0.5, 0.6) is 5.88 Å². The number of aromatic nitrogens is 2. The van der Waals surface area contributed by atoms with Gasteiger partial charge in [0.2, 0.25) is 5.88 Å². The van der Waals surface area contributed by atoms with Gasteiger partial charge in [0.25, 0.3) is 0 Å². The van der Waals surface area contributed by atoms with E-state index < -0.39 is 0 Å². The van der Waals surface area contributed by atoms with Gasteiger partial charge in [0.05, 0.1) is 13.4 Å². The molecule has 0 fully saturated rings. The van der Waals surface area contributed by atoms with Gasteiger partial charge in [-0.2, -0.15) is 4.98 Å². The number of methoxy groups -OCH3 is 1. The van der Waals surface area contributed by atoms with Crippen molar-refractivity contribution >= 4 is 11.5 Å². The number of rotatable bonds is 5. The highest BCUT2D eigenvalue weighted by molar-refractivity contribution is 5.66. The van der Waals surface area contributed by atoms with Crippen LogP contribution >= 0.6 is 0 Å². The summed E-state index contributed by atoms with van der Waals surface area (Å²) >= 11 is 0. The fourth-order valence-electron chi connectivity index (χ4n) is 1.67. The molecule has 2 aromatic heterocycles. The molecule has 1 unspecified atom stereocenters. The van der Waals surface area contributed by atoms with Crippen molar-refractivity contribution in [2.75, 3.05) is 18.2 Å². The van der Waals surface area contributed by atoms with Gasteiger partial charge in [-0.05, 0) is 19.1 Å². The summed E-state index contributed by atoms with van der Waals surface area (Å²) in [6.07, 6.45) is 3.82. The van der Waals surface area contributed by atoms with Crippen LogP contribution < -0.4 is 15.8 Å². The molecule has 0 aliphatic carbocycles. The van der Waals surface area contributed by atoms with Crippen LogP contribution in [0.1, 0.15) is 12.7 Å². The highest BCUT2D eigenvalue weighted by atomic mass is 16.5. The maximum absolute atomic E-state index is 5.88. The van der Waals surface area contributed by atoms with Crippen molar-refractivity contribution in [1.82, 2.24) is 9.97 Å². The largest absolute Gasteiger partial charge is 0.479 e. The van der Waals surface area contributed by atoms with Crippen LogP contribution in [0.2, 0.25) is 0 Å². The zero-order valence-corrected chi connectivity index (χ0v) is 10.4. The van der Waals surface area contributed by atoms with E-state index in [1.165, 1.54) is 13.4 Å². The predicted octanol–water partition coefficient (Wildman–Crippen LogP) is 1.70. The number of hydrogen-bond donors (Lipinski definition) is 2. The molecule has 0 aliphatic heterocycles. The van der Waals surface area contributed by atoms with E-state index >= 15 is 0 Å². The van der Waals surface area contributed by atoms with Crippen LogP contribution in [-0.4, -0.2) is 23.1 Å². The molecule has 2 heterocycles. The SMILES string of the molecule is COc1ncnc(NC(C)Cc2ccco2)c1N. The Morgan fingerprint density at radius 1 is 1.50 bits per heavy atom. The van der Waals surface area contributed by atoms with Crippen LogP contribution in [0.4, 0.5) is 11.5 Å². The average Bonchev–Trinajstić information content (AvgIpc) is 2.84. The fraction of sp³-hybridized carbons (Fsp3) is 0.333. The van der Waals surface area contributed by atoms with Crippen LogP contribution in [0.25, 0.3) is 0 Å². The lowest BCUT2D eigenvalue weighted by Crippen LogP contribution is -2.20. The highest BCUT2D eigenvalue weighted by Crippen LogP contribution is 2.24. The number of nitrogens with one attached hydrogen (secondary N) is 1. The van der Waals surface area contributed by atoms with Crippen LogP contribution in [-0.2, 0) is 6.42 Å². The Hall–Kier alpha value is -2.24.